The van der Waals surface area contributed by atoms with Gasteiger partial charge in [-0.25, -0.2) is 4.98 Å². The number of carbonyl (C=O) groups excluding carboxylic acids is 1. The third kappa shape index (κ3) is 4.22. The number of likely N-dealkylation sites (tertiary alicyclic amines) is 1. The van der Waals surface area contributed by atoms with Crippen molar-refractivity contribution in [1.29, 1.82) is 0 Å². The summed E-state index contributed by atoms with van der Waals surface area (Å²) in [4.78, 5) is 19.5. The molecule has 0 aliphatic carbocycles. The Bertz CT molecular complexity index is 731. The molecule has 26 heavy (non-hydrogen) atoms. The quantitative estimate of drug-likeness (QED) is 0.822. The van der Waals surface area contributed by atoms with Crippen molar-refractivity contribution in [3.8, 4) is 5.75 Å². The lowest BCUT2D eigenvalue weighted by molar-refractivity contribution is 0.0700. The van der Waals surface area contributed by atoms with E-state index in [9.17, 15) is 4.79 Å². The summed E-state index contributed by atoms with van der Waals surface area (Å²) in [6, 6.07) is 7.42. The van der Waals surface area contributed by atoms with E-state index in [0.29, 0.717) is 37.5 Å². The van der Waals surface area contributed by atoms with Gasteiger partial charge in [-0.2, -0.15) is 5.10 Å². The summed E-state index contributed by atoms with van der Waals surface area (Å²) in [6.07, 6.45) is 2.63. The summed E-state index contributed by atoms with van der Waals surface area (Å²) < 4.78 is 10.7. The van der Waals surface area contributed by atoms with Crippen LogP contribution in [-0.4, -0.2) is 59.4 Å². The van der Waals surface area contributed by atoms with Gasteiger partial charge in [0, 0.05) is 32.5 Å². The number of hydrogen-bond donors (Lipinski definition) is 1. The fraction of sp³-hybridized carbons (Fsp3) is 0.526. The second kappa shape index (κ2) is 8.80. The minimum Gasteiger partial charge on any atom is -0.493 e. The minimum atomic E-state index is 0.00823. The molecule has 140 valence electrons. The van der Waals surface area contributed by atoms with Crippen LogP contribution in [0.15, 0.2) is 24.3 Å². The Balaban J connectivity index is 1.70. The first-order valence-corrected chi connectivity index (χ1v) is 9.14. The van der Waals surface area contributed by atoms with Crippen molar-refractivity contribution in [2.24, 2.45) is 0 Å². The zero-order valence-electron chi connectivity index (χ0n) is 15.4. The third-order valence-corrected chi connectivity index (χ3v) is 4.58. The van der Waals surface area contributed by atoms with E-state index in [2.05, 4.69) is 15.2 Å². The summed E-state index contributed by atoms with van der Waals surface area (Å²) in [6.45, 7) is 4.44. The summed E-state index contributed by atoms with van der Waals surface area (Å²) in [7, 11) is 1.67. The molecule has 0 bridgehead atoms. The van der Waals surface area contributed by atoms with Crippen molar-refractivity contribution in [3.05, 3.63) is 41.5 Å². The Labute approximate surface area is 153 Å². The fourth-order valence-electron chi connectivity index (χ4n) is 3.27. The van der Waals surface area contributed by atoms with Crippen LogP contribution in [0.25, 0.3) is 0 Å². The molecule has 1 N–H and O–H groups in total. The standard InChI is InChI=1S/C19H26N4O3/c1-3-26-16-9-5-4-8-15(16)19(24)23-11-6-7-14(13-23)18-20-17(21-22-18)10-12-25-2/h4-5,8-9,14H,3,6-7,10-13H2,1-2H3,(H,20,21,22). The van der Waals surface area contributed by atoms with Gasteiger partial charge in [-0.05, 0) is 31.9 Å². The number of benzene rings is 1. The van der Waals surface area contributed by atoms with E-state index in [1.54, 1.807) is 7.11 Å². The van der Waals surface area contributed by atoms with Crippen molar-refractivity contribution in [2.45, 2.75) is 32.1 Å². The molecule has 1 unspecified atom stereocenters. The number of carbonyl (C=O) groups is 1. The van der Waals surface area contributed by atoms with E-state index in [4.69, 9.17) is 9.47 Å². The molecule has 1 aliphatic heterocycles. The Kier molecular flexibility index (Phi) is 6.22. The number of rotatable bonds is 7. The van der Waals surface area contributed by atoms with Crippen LogP contribution < -0.4 is 4.74 Å². The highest BCUT2D eigenvalue weighted by Gasteiger charge is 2.29. The van der Waals surface area contributed by atoms with Crippen molar-refractivity contribution >= 4 is 5.91 Å². The number of aromatic amines is 1. The maximum absolute atomic E-state index is 13.0. The van der Waals surface area contributed by atoms with Gasteiger partial charge in [0.15, 0.2) is 5.82 Å². The van der Waals surface area contributed by atoms with Crippen molar-refractivity contribution < 1.29 is 14.3 Å². The van der Waals surface area contributed by atoms with E-state index in [-0.39, 0.29) is 11.8 Å². The van der Waals surface area contributed by atoms with Gasteiger partial charge in [0.25, 0.3) is 5.91 Å². The summed E-state index contributed by atoms with van der Waals surface area (Å²) in [5.74, 6) is 2.41. The molecule has 2 heterocycles. The zero-order valence-corrected chi connectivity index (χ0v) is 15.4. The normalized spacial score (nSPS) is 17.3. The van der Waals surface area contributed by atoms with Gasteiger partial charge in [-0.1, -0.05) is 12.1 Å². The smallest absolute Gasteiger partial charge is 0.257 e. The monoisotopic (exact) mass is 358 g/mol. The van der Waals surface area contributed by atoms with Gasteiger partial charge in [-0.3, -0.25) is 9.89 Å². The first-order chi connectivity index (χ1) is 12.7. The Morgan fingerprint density at radius 1 is 1.38 bits per heavy atom. The number of amides is 1. The minimum absolute atomic E-state index is 0.00823. The highest BCUT2D eigenvalue weighted by atomic mass is 16.5. The number of hydrogen-bond acceptors (Lipinski definition) is 5. The number of H-pyrrole nitrogens is 1. The highest BCUT2D eigenvalue weighted by Crippen LogP contribution is 2.27. The van der Waals surface area contributed by atoms with E-state index in [1.807, 2.05) is 36.1 Å². The molecule has 1 atom stereocenters. The van der Waals surface area contributed by atoms with E-state index < -0.39 is 0 Å². The van der Waals surface area contributed by atoms with Gasteiger partial charge in [0.1, 0.15) is 11.6 Å². The molecule has 7 nitrogen and oxygen atoms in total. The van der Waals surface area contributed by atoms with Crippen LogP contribution >= 0.6 is 0 Å². The lowest BCUT2D eigenvalue weighted by Gasteiger charge is -2.31. The largest absolute Gasteiger partial charge is 0.493 e. The molecule has 1 amide bonds. The summed E-state index contributed by atoms with van der Waals surface area (Å²) >= 11 is 0. The SMILES string of the molecule is CCOc1ccccc1C(=O)N1CCCC(c2n[nH]c(CCOC)n2)C1. The van der Waals surface area contributed by atoms with Crippen LogP contribution in [0.4, 0.5) is 0 Å². The van der Waals surface area contributed by atoms with Crippen LogP contribution in [0.2, 0.25) is 0 Å². The fourth-order valence-corrected chi connectivity index (χ4v) is 3.27. The summed E-state index contributed by atoms with van der Waals surface area (Å²) in [5.41, 5.74) is 0.616. The van der Waals surface area contributed by atoms with Crippen molar-refractivity contribution in [1.82, 2.24) is 20.1 Å². The number of methoxy groups -OCH3 is 1. The highest BCUT2D eigenvalue weighted by molar-refractivity contribution is 5.97. The second-order valence-electron chi connectivity index (χ2n) is 6.40. The lowest BCUT2D eigenvalue weighted by Crippen LogP contribution is -2.39. The van der Waals surface area contributed by atoms with Crippen LogP contribution in [0.5, 0.6) is 5.75 Å². The molecule has 1 aromatic carbocycles. The zero-order chi connectivity index (χ0) is 18.4. The van der Waals surface area contributed by atoms with Gasteiger partial charge < -0.3 is 14.4 Å². The molecule has 0 saturated carbocycles. The molecule has 1 saturated heterocycles. The first-order valence-electron chi connectivity index (χ1n) is 9.14. The van der Waals surface area contributed by atoms with Crippen molar-refractivity contribution in [2.75, 3.05) is 33.4 Å². The molecular weight excluding hydrogens is 332 g/mol. The molecule has 2 aromatic rings. The number of piperidine rings is 1. The lowest BCUT2D eigenvalue weighted by atomic mass is 9.96. The van der Waals surface area contributed by atoms with E-state index in [0.717, 1.165) is 31.0 Å². The maximum atomic E-state index is 13.0. The van der Waals surface area contributed by atoms with Gasteiger partial charge in [0.2, 0.25) is 0 Å². The number of ether oxygens (including phenoxy) is 2. The molecule has 0 radical (unpaired) electrons. The van der Waals surface area contributed by atoms with Crippen LogP contribution in [0.3, 0.4) is 0 Å². The predicted molar refractivity (Wildman–Crippen MR) is 97.5 cm³/mol. The molecular formula is C19H26N4O3. The van der Waals surface area contributed by atoms with Crippen LogP contribution in [0.1, 0.15) is 47.7 Å². The molecule has 3 rings (SSSR count). The molecule has 1 aromatic heterocycles. The average molecular weight is 358 g/mol. The van der Waals surface area contributed by atoms with Crippen LogP contribution in [0, 0.1) is 0 Å². The van der Waals surface area contributed by atoms with Gasteiger partial charge in [-0.15, -0.1) is 0 Å². The number of para-hydroxylation sites is 1. The second-order valence-corrected chi connectivity index (χ2v) is 6.40. The molecule has 0 spiro atoms. The third-order valence-electron chi connectivity index (χ3n) is 4.58. The first kappa shape index (κ1) is 18.4. The topological polar surface area (TPSA) is 80.3 Å². The maximum Gasteiger partial charge on any atom is 0.257 e. The van der Waals surface area contributed by atoms with Gasteiger partial charge >= 0.3 is 0 Å². The summed E-state index contributed by atoms with van der Waals surface area (Å²) in [5, 5.41) is 7.33. The predicted octanol–water partition coefficient (Wildman–Crippen LogP) is 2.41. The number of nitrogens with one attached hydrogen (secondary N) is 1. The Morgan fingerprint density at radius 2 is 2.23 bits per heavy atom. The average Bonchev–Trinajstić information content (AvgIpc) is 3.16. The van der Waals surface area contributed by atoms with E-state index in [1.165, 1.54) is 0 Å². The Morgan fingerprint density at radius 3 is 3.04 bits per heavy atom. The number of nitrogens with zero attached hydrogens (tertiary/aromatic N) is 3. The van der Waals surface area contributed by atoms with Crippen molar-refractivity contribution in [3.63, 3.8) is 0 Å². The molecule has 1 aliphatic rings. The number of aromatic nitrogens is 3. The van der Waals surface area contributed by atoms with Crippen LogP contribution in [-0.2, 0) is 11.2 Å². The van der Waals surface area contributed by atoms with E-state index >= 15 is 0 Å². The Hall–Kier alpha value is -2.41. The van der Waals surface area contributed by atoms with Gasteiger partial charge in [0.05, 0.1) is 18.8 Å². The molecule has 1 fully saturated rings. The molecule has 7 heteroatoms.